The van der Waals surface area contributed by atoms with Gasteiger partial charge in [0.15, 0.2) is 9.84 Å². The fourth-order valence-electron chi connectivity index (χ4n) is 2.38. The van der Waals surface area contributed by atoms with Crippen LogP contribution in [-0.2, 0) is 14.6 Å². The third-order valence-electron chi connectivity index (χ3n) is 4.04. The smallest absolute Gasteiger partial charge is 0.223 e. The van der Waals surface area contributed by atoms with Crippen molar-refractivity contribution < 1.29 is 23.4 Å². The standard InChI is InChI=1S/C15H21NO5S/c1-15(19)8-9-16(11-13(15)17)14(18)7-10-22(20,21)12-5-3-2-4-6-12/h2-6,13,17,19H,7-11H2,1H3/t13-,15-/m1/s1. The van der Waals surface area contributed by atoms with E-state index in [1.807, 2.05) is 0 Å². The molecule has 1 aliphatic rings. The molecule has 0 bridgehead atoms. The quantitative estimate of drug-likeness (QED) is 0.823. The maximum atomic E-state index is 12.1. The Morgan fingerprint density at radius 2 is 2.00 bits per heavy atom. The zero-order valence-electron chi connectivity index (χ0n) is 12.5. The predicted molar refractivity (Wildman–Crippen MR) is 80.9 cm³/mol. The molecule has 22 heavy (non-hydrogen) atoms. The van der Waals surface area contributed by atoms with Gasteiger partial charge in [-0.15, -0.1) is 0 Å². The van der Waals surface area contributed by atoms with E-state index in [4.69, 9.17) is 0 Å². The second-order valence-corrected chi connectivity index (χ2v) is 7.95. The van der Waals surface area contributed by atoms with Crippen LogP contribution in [0, 0.1) is 0 Å². The number of hydrogen-bond acceptors (Lipinski definition) is 5. The lowest BCUT2D eigenvalue weighted by Crippen LogP contribution is -2.55. The lowest BCUT2D eigenvalue weighted by Gasteiger charge is -2.39. The first-order chi connectivity index (χ1) is 10.2. The Morgan fingerprint density at radius 3 is 2.59 bits per heavy atom. The summed E-state index contributed by atoms with van der Waals surface area (Å²) < 4.78 is 24.3. The summed E-state index contributed by atoms with van der Waals surface area (Å²) in [5.41, 5.74) is -1.20. The molecule has 1 aromatic rings. The number of rotatable bonds is 4. The molecule has 0 unspecified atom stereocenters. The first-order valence-electron chi connectivity index (χ1n) is 7.18. The molecule has 1 saturated heterocycles. The summed E-state index contributed by atoms with van der Waals surface area (Å²) in [6, 6.07) is 8.00. The minimum absolute atomic E-state index is 0.0250. The number of hydrogen-bond donors (Lipinski definition) is 2. The van der Waals surface area contributed by atoms with E-state index in [1.165, 1.54) is 24.0 Å². The van der Waals surface area contributed by atoms with Gasteiger partial charge in [0.05, 0.1) is 22.4 Å². The molecule has 0 aliphatic carbocycles. The van der Waals surface area contributed by atoms with Crippen molar-refractivity contribution in [3.63, 3.8) is 0 Å². The summed E-state index contributed by atoms with van der Waals surface area (Å²) in [6.45, 7) is 1.87. The molecule has 1 heterocycles. The van der Waals surface area contributed by atoms with Gasteiger partial charge in [0, 0.05) is 19.5 Å². The van der Waals surface area contributed by atoms with Crippen LogP contribution in [0.15, 0.2) is 35.2 Å². The minimum atomic E-state index is -3.49. The van der Waals surface area contributed by atoms with Gasteiger partial charge in [0.2, 0.25) is 5.91 Å². The molecule has 1 aliphatic heterocycles. The van der Waals surface area contributed by atoms with Gasteiger partial charge in [0.1, 0.15) is 0 Å². The van der Waals surface area contributed by atoms with E-state index < -0.39 is 21.5 Å². The molecule has 6 nitrogen and oxygen atoms in total. The van der Waals surface area contributed by atoms with Crippen molar-refractivity contribution in [2.75, 3.05) is 18.8 Å². The SMILES string of the molecule is C[C@@]1(O)CCN(C(=O)CCS(=O)(=O)c2ccccc2)C[C@H]1O. The number of piperidine rings is 1. The number of nitrogens with zero attached hydrogens (tertiary/aromatic N) is 1. The average molecular weight is 327 g/mol. The van der Waals surface area contributed by atoms with Crippen LogP contribution in [0.25, 0.3) is 0 Å². The van der Waals surface area contributed by atoms with Gasteiger partial charge in [-0.3, -0.25) is 4.79 Å². The summed E-state index contributed by atoms with van der Waals surface area (Å²) in [4.78, 5) is 13.7. The Balaban J connectivity index is 1.94. The van der Waals surface area contributed by atoms with Crippen molar-refractivity contribution in [1.82, 2.24) is 4.90 Å². The molecule has 2 atom stereocenters. The molecule has 2 N–H and O–H groups in total. The fraction of sp³-hybridized carbons (Fsp3) is 0.533. The van der Waals surface area contributed by atoms with Crippen LogP contribution in [0.1, 0.15) is 19.8 Å². The van der Waals surface area contributed by atoms with Crippen LogP contribution in [0.4, 0.5) is 0 Å². The van der Waals surface area contributed by atoms with Gasteiger partial charge in [-0.2, -0.15) is 0 Å². The predicted octanol–water partition coefficient (Wildman–Crippen LogP) is 0.195. The largest absolute Gasteiger partial charge is 0.388 e. The van der Waals surface area contributed by atoms with Gasteiger partial charge in [-0.1, -0.05) is 18.2 Å². The molecule has 0 spiro atoms. The average Bonchev–Trinajstić information content (AvgIpc) is 2.48. The van der Waals surface area contributed by atoms with E-state index >= 15 is 0 Å². The van der Waals surface area contributed by atoms with Crippen LogP contribution in [-0.4, -0.2) is 60.0 Å². The van der Waals surface area contributed by atoms with E-state index in [1.54, 1.807) is 18.2 Å². The second-order valence-electron chi connectivity index (χ2n) is 5.84. The number of sulfone groups is 1. The summed E-state index contributed by atoms with van der Waals surface area (Å²) in [6.07, 6.45) is -0.881. The van der Waals surface area contributed by atoms with Crippen LogP contribution in [0.3, 0.4) is 0 Å². The van der Waals surface area contributed by atoms with Crippen molar-refractivity contribution in [1.29, 1.82) is 0 Å². The Hall–Kier alpha value is -1.44. The fourth-order valence-corrected chi connectivity index (χ4v) is 3.63. The van der Waals surface area contributed by atoms with Crippen LogP contribution >= 0.6 is 0 Å². The molecular weight excluding hydrogens is 306 g/mol. The summed E-state index contributed by atoms with van der Waals surface area (Å²) in [5, 5.41) is 19.7. The van der Waals surface area contributed by atoms with Crippen molar-refractivity contribution >= 4 is 15.7 Å². The molecule has 122 valence electrons. The maximum Gasteiger partial charge on any atom is 0.223 e. The van der Waals surface area contributed by atoms with Crippen LogP contribution < -0.4 is 0 Å². The van der Waals surface area contributed by atoms with Crippen molar-refractivity contribution in [2.24, 2.45) is 0 Å². The first-order valence-corrected chi connectivity index (χ1v) is 8.84. The third kappa shape index (κ3) is 3.85. The molecule has 1 amide bonds. The van der Waals surface area contributed by atoms with E-state index in [9.17, 15) is 23.4 Å². The number of carbonyl (C=O) groups is 1. The Morgan fingerprint density at radius 1 is 1.36 bits per heavy atom. The Labute approximate surface area is 130 Å². The monoisotopic (exact) mass is 327 g/mol. The molecule has 7 heteroatoms. The molecule has 2 rings (SSSR count). The number of likely N-dealkylation sites (tertiary alicyclic amines) is 1. The Kier molecular flexibility index (Phi) is 4.89. The second kappa shape index (κ2) is 6.36. The number of carbonyl (C=O) groups excluding carboxylic acids is 1. The van der Waals surface area contributed by atoms with Crippen molar-refractivity contribution in [3.05, 3.63) is 30.3 Å². The van der Waals surface area contributed by atoms with Gasteiger partial charge < -0.3 is 15.1 Å². The lowest BCUT2D eigenvalue weighted by molar-refractivity contribution is -0.145. The number of benzene rings is 1. The Bertz CT molecular complexity index is 627. The van der Waals surface area contributed by atoms with Crippen LogP contribution in [0.5, 0.6) is 0 Å². The van der Waals surface area contributed by atoms with Gasteiger partial charge in [-0.25, -0.2) is 8.42 Å². The highest BCUT2D eigenvalue weighted by Crippen LogP contribution is 2.22. The highest BCUT2D eigenvalue weighted by Gasteiger charge is 2.37. The summed E-state index contributed by atoms with van der Waals surface area (Å²) in [5.74, 6) is -0.590. The van der Waals surface area contributed by atoms with E-state index in [2.05, 4.69) is 0 Å². The van der Waals surface area contributed by atoms with E-state index in [-0.39, 0.29) is 35.9 Å². The van der Waals surface area contributed by atoms with E-state index in [0.717, 1.165) is 0 Å². The topological polar surface area (TPSA) is 94.9 Å². The molecule has 0 aromatic heterocycles. The number of β-amino-alcohol motifs (C(OH)–C–C–N with tert-alkyl or cyclic N) is 1. The first kappa shape index (κ1) is 16.9. The van der Waals surface area contributed by atoms with Crippen LogP contribution in [0.2, 0.25) is 0 Å². The van der Waals surface area contributed by atoms with Gasteiger partial charge >= 0.3 is 0 Å². The van der Waals surface area contributed by atoms with Crippen molar-refractivity contribution in [3.8, 4) is 0 Å². The normalized spacial score (nSPS) is 26.0. The maximum absolute atomic E-state index is 12.1. The molecule has 0 saturated carbocycles. The number of amides is 1. The zero-order valence-corrected chi connectivity index (χ0v) is 13.3. The van der Waals surface area contributed by atoms with Gasteiger partial charge in [0.25, 0.3) is 0 Å². The minimum Gasteiger partial charge on any atom is -0.388 e. The summed E-state index contributed by atoms with van der Waals surface area (Å²) in [7, 11) is -3.49. The number of aliphatic hydroxyl groups excluding tert-OH is 1. The molecule has 1 fully saturated rings. The summed E-state index contributed by atoms with van der Waals surface area (Å²) >= 11 is 0. The number of aliphatic hydroxyl groups is 2. The van der Waals surface area contributed by atoms with E-state index in [0.29, 0.717) is 6.54 Å². The zero-order chi connectivity index (χ0) is 16.4. The molecule has 1 aromatic carbocycles. The molecular formula is C15H21NO5S. The highest BCUT2D eigenvalue weighted by atomic mass is 32.2. The molecule has 0 radical (unpaired) electrons. The third-order valence-corrected chi connectivity index (χ3v) is 5.77. The highest BCUT2D eigenvalue weighted by molar-refractivity contribution is 7.91. The van der Waals surface area contributed by atoms with Crippen molar-refractivity contribution in [2.45, 2.75) is 36.4 Å². The lowest BCUT2D eigenvalue weighted by atomic mass is 9.91. The van der Waals surface area contributed by atoms with Gasteiger partial charge in [-0.05, 0) is 25.5 Å².